The molecule has 0 aliphatic heterocycles. The molecule has 0 aliphatic carbocycles. The first kappa shape index (κ1) is 24.9. The Balaban J connectivity index is 1.40. The molecular formula is C27H27Cl2N3O3. The Morgan fingerprint density at radius 2 is 1.91 bits per heavy atom. The van der Waals surface area contributed by atoms with Crippen molar-refractivity contribution < 1.29 is 13.9 Å². The van der Waals surface area contributed by atoms with Gasteiger partial charge in [-0.3, -0.25) is 9.48 Å². The zero-order valence-corrected chi connectivity index (χ0v) is 21.6. The fraction of sp³-hybridized carbons (Fsp3) is 0.259. The summed E-state index contributed by atoms with van der Waals surface area (Å²) in [5.41, 5.74) is 3.89. The summed E-state index contributed by atoms with van der Waals surface area (Å²) in [5.74, 6) is 1.80. The predicted molar refractivity (Wildman–Crippen MR) is 139 cm³/mol. The summed E-state index contributed by atoms with van der Waals surface area (Å²) in [6.07, 6.45) is 0. The van der Waals surface area contributed by atoms with Gasteiger partial charge in [-0.1, -0.05) is 49.2 Å². The second-order valence-corrected chi connectivity index (χ2v) is 9.60. The number of amides is 1. The van der Waals surface area contributed by atoms with Gasteiger partial charge in [-0.25, -0.2) is 0 Å². The molecule has 4 rings (SSSR count). The van der Waals surface area contributed by atoms with E-state index in [1.54, 1.807) is 12.1 Å². The number of aromatic nitrogens is 2. The predicted octanol–water partition coefficient (Wildman–Crippen LogP) is 7.40. The Hall–Kier alpha value is -3.22. The van der Waals surface area contributed by atoms with Crippen LogP contribution in [-0.2, 0) is 13.2 Å². The lowest BCUT2D eigenvalue weighted by molar-refractivity contribution is 0.0992. The van der Waals surface area contributed by atoms with Gasteiger partial charge in [0, 0.05) is 21.8 Å². The average Bonchev–Trinajstić information content (AvgIpc) is 3.41. The first-order valence-electron chi connectivity index (χ1n) is 11.3. The lowest BCUT2D eigenvalue weighted by atomic mass is 10.0. The van der Waals surface area contributed by atoms with E-state index in [-0.39, 0.29) is 24.2 Å². The summed E-state index contributed by atoms with van der Waals surface area (Å²) in [6, 6.07) is 16.6. The van der Waals surface area contributed by atoms with Crippen LogP contribution in [0, 0.1) is 13.8 Å². The number of carbonyl (C=O) groups excluding carboxylic acids is 1. The standard InChI is InChI=1S/C27H27Cl2N3O3/c1-16(2)22-13-23(29)17(3)10-25(22)34-15-21-8-9-24(35-21)27(33)30-26-11-18(4)32(31-26)14-19-6-5-7-20(28)12-19/h5-13,16H,14-15H2,1-4H3,(H,30,31,33). The number of rotatable bonds is 8. The number of aryl methyl sites for hydroxylation is 2. The van der Waals surface area contributed by atoms with Gasteiger partial charge >= 0.3 is 0 Å². The van der Waals surface area contributed by atoms with Crippen LogP contribution in [0.5, 0.6) is 5.75 Å². The lowest BCUT2D eigenvalue weighted by Crippen LogP contribution is -2.12. The number of hydrogen-bond donors (Lipinski definition) is 1. The van der Waals surface area contributed by atoms with Crippen LogP contribution < -0.4 is 10.1 Å². The molecule has 0 radical (unpaired) electrons. The summed E-state index contributed by atoms with van der Waals surface area (Å²) in [6.45, 7) is 8.78. The minimum atomic E-state index is -0.381. The van der Waals surface area contributed by atoms with Crippen molar-refractivity contribution in [2.45, 2.75) is 46.8 Å². The van der Waals surface area contributed by atoms with Crippen LogP contribution >= 0.6 is 23.2 Å². The van der Waals surface area contributed by atoms with Crippen LogP contribution in [-0.4, -0.2) is 15.7 Å². The minimum absolute atomic E-state index is 0.182. The Bertz CT molecular complexity index is 1360. The topological polar surface area (TPSA) is 69.3 Å². The van der Waals surface area contributed by atoms with E-state index >= 15 is 0 Å². The monoisotopic (exact) mass is 511 g/mol. The lowest BCUT2D eigenvalue weighted by Gasteiger charge is -2.15. The highest BCUT2D eigenvalue weighted by atomic mass is 35.5. The molecular weight excluding hydrogens is 485 g/mol. The Labute approximate surface area is 214 Å². The van der Waals surface area contributed by atoms with Gasteiger partial charge < -0.3 is 14.5 Å². The van der Waals surface area contributed by atoms with Crippen molar-refractivity contribution in [1.82, 2.24) is 9.78 Å². The number of benzene rings is 2. The first-order valence-corrected chi connectivity index (χ1v) is 12.1. The molecule has 0 saturated carbocycles. The smallest absolute Gasteiger partial charge is 0.292 e. The fourth-order valence-corrected chi connectivity index (χ4v) is 4.08. The van der Waals surface area contributed by atoms with Crippen LogP contribution in [0.2, 0.25) is 10.0 Å². The molecule has 0 unspecified atom stereocenters. The molecule has 0 bridgehead atoms. The number of hydrogen-bond acceptors (Lipinski definition) is 4. The second kappa shape index (κ2) is 10.6. The van der Waals surface area contributed by atoms with E-state index in [1.165, 1.54) is 0 Å². The molecule has 4 aromatic rings. The Morgan fingerprint density at radius 3 is 2.66 bits per heavy atom. The van der Waals surface area contributed by atoms with Crippen LogP contribution in [0.15, 0.2) is 59.0 Å². The van der Waals surface area contributed by atoms with Crippen LogP contribution in [0.3, 0.4) is 0 Å². The van der Waals surface area contributed by atoms with Gasteiger partial charge in [0.15, 0.2) is 11.6 Å². The van der Waals surface area contributed by atoms with Crippen molar-refractivity contribution in [2.24, 2.45) is 0 Å². The molecule has 2 heterocycles. The summed E-state index contributed by atoms with van der Waals surface area (Å²) < 4.78 is 13.5. The van der Waals surface area contributed by atoms with Crippen molar-refractivity contribution >= 4 is 34.9 Å². The maximum Gasteiger partial charge on any atom is 0.292 e. The van der Waals surface area contributed by atoms with E-state index in [1.807, 2.05) is 61.0 Å². The molecule has 182 valence electrons. The van der Waals surface area contributed by atoms with Gasteiger partial charge in [-0.2, -0.15) is 5.10 Å². The molecule has 8 heteroatoms. The molecule has 0 aliphatic rings. The maximum atomic E-state index is 12.7. The third-order valence-electron chi connectivity index (χ3n) is 5.61. The Morgan fingerprint density at radius 1 is 1.11 bits per heavy atom. The number of halogens is 2. The highest BCUT2D eigenvalue weighted by Crippen LogP contribution is 2.32. The van der Waals surface area contributed by atoms with E-state index in [0.29, 0.717) is 28.2 Å². The van der Waals surface area contributed by atoms with Crippen molar-refractivity contribution in [3.63, 3.8) is 0 Å². The minimum Gasteiger partial charge on any atom is -0.485 e. The summed E-state index contributed by atoms with van der Waals surface area (Å²) in [5, 5.41) is 8.67. The molecule has 0 spiro atoms. The largest absolute Gasteiger partial charge is 0.485 e. The van der Waals surface area contributed by atoms with Gasteiger partial charge in [0.2, 0.25) is 0 Å². The normalized spacial score (nSPS) is 11.2. The van der Waals surface area contributed by atoms with E-state index in [9.17, 15) is 4.79 Å². The van der Waals surface area contributed by atoms with E-state index in [2.05, 4.69) is 24.3 Å². The highest BCUT2D eigenvalue weighted by Gasteiger charge is 2.16. The number of nitrogens with zero attached hydrogens (tertiary/aromatic N) is 2. The molecule has 0 atom stereocenters. The number of nitrogens with one attached hydrogen (secondary N) is 1. The molecule has 2 aromatic carbocycles. The molecule has 35 heavy (non-hydrogen) atoms. The quantitative estimate of drug-likeness (QED) is 0.267. The van der Waals surface area contributed by atoms with Crippen molar-refractivity contribution in [3.8, 4) is 5.75 Å². The molecule has 2 aromatic heterocycles. The van der Waals surface area contributed by atoms with Crippen molar-refractivity contribution in [1.29, 1.82) is 0 Å². The average molecular weight is 512 g/mol. The maximum absolute atomic E-state index is 12.7. The summed E-state index contributed by atoms with van der Waals surface area (Å²) in [7, 11) is 0. The zero-order valence-electron chi connectivity index (χ0n) is 20.1. The van der Waals surface area contributed by atoms with Crippen molar-refractivity contribution in [2.75, 3.05) is 5.32 Å². The van der Waals surface area contributed by atoms with Gasteiger partial charge in [0.05, 0.1) is 6.54 Å². The molecule has 6 nitrogen and oxygen atoms in total. The number of furan rings is 1. The molecule has 0 fully saturated rings. The van der Waals surface area contributed by atoms with Gasteiger partial charge in [-0.15, -0.1) is 0 Å². The van der Waals surface area contributed by atoms with Crippen LogP contribution in [0.25, 0.3) is 0 Å². The van der Waals surface area contributed by atoms with E-state index < -0.39 is 0 Å². The van der Waals surface area contributed by atoms with Crippen molar-refractivity contribution in [3.05, 3.63) is 98.5 Å². The first-order chi connectivity index (χ1) is 16.7. The van der Waals surface area contributed by atoms with E-state index in [0.717, 1.165) is 28.1 Å². The van der Waals surface area contributed by atoms with Gasteiger partial charge in [0.25, 0.3) is 5.91 Å². The summed E-state index contributed by atoms with van der Waals surface area (Å²) >= 11 is 12.4. The van der Waals surface area contributed by atoms with Gasteiger partial charge in [0.1, 0.15) is 18.1 Å². The summed E-state index contributed by atoms with van der Waals surface area (Å²) in [4.78, 5) is 12.7. The third kappa shape index (κ3) is 6.08. The highest BCUT2D eigenvalue weighted by molar-refractivity contribution is 6.31. The number of carbonyl (C=O) groups is 1. The molecule has 1 amide bonds. The Kier molecular flexibility index (Phi) is 7.53. The fourth-order valence-electron chi connectivity index (χ4n) is 3.69. The number of anilines is 1. The zero-order chi connectivity index (χ0) is 25.1. The third-order valence-corrected chi connectivity index (χ3v) is 6.25. The second-order valence-electron chi connectivity index (χ2n) is 8.76. The van der Waals surface area contributed by atoms with Crippen LogP contribution in [0.1, 0.15) is 58.5 Å². The molecule has 1 N–H and O–H groups in total. The molecule has 0 saturated heterocycles. The van der Waals surface area contributed by atoms with E-state index in [4.69, 9.17) is 32.4 Å². The van der Waals surface area contributed by atoms with Gasteiger partial charge in [-0.05, 0) is 72.9 Å². The van der Waals surface area contributed by atoms with Crippen LogP contribution in [0.4, 0.5) is 5.82 Å². The SMILES string of the molecule is Cc1cc(OCc2ccc(C(=O)Nc3cc(C)n(Cc4cccc(Cl)c4)n3)o2)c(C(C)C)cc1Cl. The number of ether oxygens (including phenoxy) is 1.